The van der Waals surface area contributed by atoms with Crippen LogP contribution in [0, 0.1) is 5.82 Å². The SMILES string of the molecule is O=S1(=O)CCCCC1C(O)c1cccc(F)c1. The molecular weight excluding hydrogens is 243 g/mol. The van der Waals surface area contributed by atoms with Gasteiger partial charge in [-0.1, -0.05) is 18.6 Å². The van der Waals surface area contributed by atoms with Gasteiger partial charge in [0.1, 0.15) is 5.82 Å². The molecule has 5 heteroatoms. The maximum absolute atomic E-state index is 13.0. The van der Waals surface area contributed by atoms with Gasteiger partial charge in [0.15, 0.2) is 9.84 Å². The molecule has 0 radical (unpaired) electrons. The lowest BCUT2D eigenvalue weighted by Gasteiger charge is -2.26. The molecule has 1 saturated heterocycles. The molecular formula is C12H15FO3S. The number of hydrogen-bond donors (Lipinski definition) is 1. The van der Waals surface area contributed by atoms with E-state index in [1.165, 1.54) is 18.2 Å². The number of hydrogen-bond acceptors (Lipinski definition) is 3. The Morgan fingerprint density at radius 1 is 1.35 bits per heavy atom. The second-order valence-electron chi connectivity index (χ2n) is 4.40. The Kier molecular flexibility index (Phi) is 3.49. The second kappa shape index (κ2) is 4.74. The van der Waals surface area contributed by atoms with Gasteiger partial charge in [-0.15, -0.1) is 0 Å². The van der Waals surface area contributed by atoms with E-state index in [4.69, 9.17) is 0 Å². The van der Waals surface area contributed by atoms with E-state index in [0.29, 0.717) is 18.4 Å². The van der Waals surface area contributed by atoms with Crippen LogP contribution in [0.2, 0.25) is 0 Å². The van der Waals surface area contributed by atoms with Gasteiger partial charge in [0.2, 0.25) is 0 Å². The van der Waals surface area contributed by atoms with Crippen LogP contribution in [-0.2, 0) is 9.84 Å². The molecule has 1 N–H and O–H groups in total. The maximum Gasteiger partial charge on any atom is 0.156 e. The van der Waals surface area contributed by atoms with Crippen LogP contribution in [0.3, 0.4) is 0 Å². The van der Waals surface area contributed by atoms with Crippen molar-refractivity contribution in [1.82, 2.24) is 0 Å². The zero-order valence-electron chi connectivity index (χ0n) is 9.34. The molecule has 1 aromatic carbocycles. The minimum Gasteiger partial charge on any atom is -0.387 e. The van der Waals surface area contributed by atoms with Gasteiger partial charge >= 0.3 is 0 Å². The zero-order valence-corrected chi connectivity index (χ0v) is 10.2. The third-order valence-electron chi connectivity index (χ3n) is 3.17. The van der Waals surface area contributed by atoms with Crippen LogP contribution in [0.15, 0.2) is 24.3 Å². The van der Waals surface area contributed by atoms with Crippen molar-refractivity contribution in [3.8, 4) is 0 Å². The van der Waals surface area contributed by atoms with Crippen molar-refractivity contribution in [2.24, 2.45) is 0 Å². The third-order valence-corrected chi connectivity index (χ3v) is 5.44. The Hall–Kier alpha value is -0.940. The summed E-state index contributed by atoms with van der Waals surface area (Å²) in [6.45, 7) is 0. The number of rotatable bonds is 2. The lowest BCUT2D eigenvalue weighted by Crippen LogP contribution is -2.33. The highest BCUT2D eigenvalue weighted by Crippen LogP contribution is 2.30. The fraction of sp³-hybridized carbons (Fsp3) is 0.500. The largest absolute Gasteiger partial charge is 0.387 e. The van der Waals surface area contributed by atoms with E-state index >= 15 is 0 Å². The predicted molar refractivity (Wildman–Crippen MR) is 62.8 cm³/mol. The van der Waals surface area contributed by atoms with E-state index in [-0.39, 0.29) is 5.75 Å². The summed E-state index contributed by atoms with van der Waals surface area (Å²) >= 11 is 0. The first-order valence-corrected chi connectivity index (χ1v) is 7.37. The summed E-state index contributed by atoms with van der Waals surface area (Å²) in [5, 5.41) is 9.27. The summed E-state index contributed by atoms with van der Waals surface area (Å²) in [6.07, 6.45) is 0.751. The molecule has 0 spiro atoms. The summed E-state index contributed by atoms with van der Waals surface area (Å²) in [7, 11) is -3.26. The number of aliphatic hydroxyl groups is 1. The quantitative estimate of drug-likeness (QED) is 0.880. The molecule has 94 valence electrons. The molecule has 2 unspecified atom stereocenters. The Bertz CT molecular complexity index is 498. The normalized spacial score (nSPS) is 25.4. The van der Waals surface area contributed by atoms with Crippen molar-refractivity contribution in [1.29, 1.82) is 0 Å². The van der Waals surface area contributed by atoms with E-state index < -0.39 is 27.0 Å². The molecule has 1 aromatic rings. The predicted octanol–water partition coefficient (Wildman–Crippen LogP) is 1.83. The highest BCUT2D eigenvalue weighted by atomic mass is 32.2. The third kappa shape index (κ3) is 2.66. The van der Waals surface area contributed by atoms with E-state index in [2.05, 4.69) is 0 Å². The van der Waals surface area contributed by atoms with Crippen LogP contribution in [0.4, 0.5) is 4.39 Å². The van der Waals surface area contributed by atoms with E-state index in [1.54, 1.807) is 6.07 Å². The van der Waals surface area contributed by atoms with Gasteiger partial charge in [0.05, 0.1) is 17.1 Å². The summed E-state index contributed by atoms with van der Waals surface area (Å²) in [4.78, 5) is 0. The molecule has 1 aliphatic rings. The molecule has 1 aliphatic heterocycles. The lowest BCUT2D eigenvalue weighted by atomic mass is 10.0. The molecule has 2 atom stereocenters. The van der Waals surface area contributed by atoms with Crippen LogP contribution in [0.5, 0.6) is 0 Å². The lowest BCUT2D eigenvalue weighted by molar-refractivity contribution is 0.164. The molecule has 0 bridgehead atoms. The Morgan fingerprint density at radius 3 is 2.76 bits per heavy atom. The van der Waals surface area contributed by atoms with Crippen molar-refractivity contribution in [2.75, 3.05) is 5.75 Å². The average molecular weight is 258 g/mol. The van der Waals surface area contributed by atoms with Crippen LogP contribution < -0.4 is 0 Å². The maximum atomic E-state index is 13.0. The van der Waals surface area contributed by atoms with Crippen LogP contribution in [0.1, 0.15) is 30.9 Å². The second-order valence-corrected chi connectivity index (χ2v) is 6.74. The number of halogens is 1. The molecule has 0 aromatic heterocycles. The topological polar surface area (TPSA) is 54.4 Å². The Balaban J connectivity index is 2.28. The highest BCUT2D eigenvalue weighted by molar-refractivity contribution is 7.92. The van der Waals surface area contributed by atoms with E-state index in [0.717, 1.165) is 6.42 Å². The van der Waals surface area contributed by atoms with E-state index in [1.807, 2.05) is 0 Å². The average Bonchev–Trinajstić information content (AvgIpc) is 2.27. The molecule has 1 fully saturated rings. The summed E-state index contributed by atoms with van der Waals surface area (Å²) in [6, 6.07) is 5.49. The molecule has 0 aliphatic carbocycles. The number of benzene rings is 1. The Labute approximate surface area is 100 Å². The summed E-state index contributed by atoms with van der Waals surface area (Å²) in [5.74, 6) is -0.348. The van der Waals surface area contributed by atoms with Gasteiger partial charge < -0.3 is 5.11 Å². The zero-order chi connectivity index (χ0) is 12.5. The van der Waals surface area contributed by atoms with Crippen molar-refractivity contribution in [2.45, 2.75) is 30.6 Å². The minimum absolute atomic E-state index is 0.115. The molecule has 0 saturated carbocycles. The highest BCUT2D eigenvalue weighted by Gasteiger charge is 2.35. The molecule has 0 amide bonds. The van der Waals surface area contributed by atoms with Gasteiger partial charge in [-0.25, -0.2) is 12.8 Å². The van der Waals surface area contributed by atoms with Crippen molar-refractivity contribution in [3.63, 3.8) is 0 Å². The van der Waals surface area contributed by atoms with Crippen LogP contribution in [-0.4, -0.2) is 24.5 Å². The van der Waals surface area contributed by atoms with Crippen molar-refractivity contribution < 1.29 is 17.9 Å². The van der Waals surface area contributed by atoms with Crippen LogP contribution >= 0.6 is 0 Å². The fourth-order valence-electron chi connectivity index (χ4n) is 2.24. The van der Waals surface area contributed by atoms with Gasteiger partial charge in [-0.2, -0.15) is 0 Å². The summed E-state index contributed by atoms with van der Waals surface area (Å²) in [5.41, 5.74) is 0.334. The minimum atomic E-state index is -3.26. The van der Waals surface area contributed by atoms with Gasteiger partial charge in [-0.3, -0.25) is 0 Å². The van der Waals surface area contributed by atoms with Crippen molar-refractivity contribution in [3.05, 3.63) is 35.6 Å². The Morgan fingerprint density at radius 2 is 2.12 bits per heavy atom. The first kappa shape index (κ1) is 12.5. The monoisotopic (exact) mass is 258 g/mol. The van der Waals surface area contributed by atoms with Gasteiger partial charge in [0, 0.05) is 0 Å². The van der Waals surface area contributed by atoms with E-state index in [9.17, 15) is 17.9 Å². The number of aliphatic hydroxyl groups excluding tert-OH is 1. The molecule has 3 nitrogen and oxygen atoms in total. The van der Waals surface area contributed by atoms with Gasteiger partial charge in [0.25, 0.3) is 0 Å². The first-order valence-electron chi connectivity index (χ1n) is 5.66. The molecule has 17 heavy (non-hydrogen) atoms. The summed E-state index contributed by atoms with van der Waals surface area (Å²) < 4.78 is 36.7. The van der Waals surface area contributed by atoms with Gasteiger partial charge in [-0.05, 0) is 30.5 Å². The molecule has 2 rings (SSSR count). The van der Waals surface area contributed by atoms with Crippen LogP contribution in [0.25, 0.3) is 0 Å². The van der Waals surface area contributed by atoms with Crippen molar-refractivity contribution >= 4 is 9.84 Å². The first-order chi connectivity index (χ1) is 8.00. The smallest absolute Gasteiger partial charge is 0.156 e. The number of sulfone groups is 1. The molecule has 1 heterocycles. The standard InChI is InChI=1S/C12H15FO3S/c13-10-5-3-4-9(8-10)12(14)11-6-1-2-7-17(11,15)16/h3-5,8,11-12,14H,1-2,6-7H2. The fourth-order valence-corrected chi connectivity index (χ4v) is 4.22.